The third-order valence-electron chi connectivity index (χ3n) is 10.6. The van der Waals surface area contributed by atoms with Gasteiger partial charge in [0.1, 0.15) is 11.5 Å². The zero-order valence-electron chi connectivity index (χ0n) is 32.3. The van der Waals surface area contributed by atoms with E-state index in [4.69, 9.17) is 24.4 Å². The molecule has 0 aliphatic carbocycles. The first-order valence-electron chi connectivity index (χ1n) is 20.7. The Morgan fingerprint density at radius 2 is 0.764 bits per heavy atom. The predicted molar refractivity (Wildman–Crippen MR) is 226 cm³/mol. The van der Waals surface area contributed by atoms with Crippen molar-refractivity contribution in [3.05, 3.63) is 150 Å². The van der Waals surface area contributed by atoms with E-state index in [9.17, 15) is 0 Å². The topological polar surface area (TPSA) is 57.1 Å². The van der Waals surface area contributed by atoms with Crippen molar-refractivity contribution in [2.45, 2.75) is 96.3 Å². The van der Waals surface area contributed by atoms with Crippen molar-refractivity contribution < 1.29 is 9.47 Å². The van der Waals surface area contributed by atoms with E-state index in [0.29, 0.717) is 13.2 Å². The van der Waals surface area contributed by atoms with Crippen molar-refractivity contribution in [2.75, 3.05) is 13.2 Å². The van der Waals surface area contributed by atoms with Crippen LogP contribution in [0.4, 0.5) is 0 Å². The van der Waals surface area contributed by atoms with Gasteiger partial charge < -0.3 is 9.47 Å². The summed E-state index contributed by atoms with van der Waals surface area (Å²) < 4.78 is 12.2. The van der Waals surface area contributed by atoms with Crippen LogP contribution in [0.15, 0.2) is 128 Å². The maximum absolute atomic E-state index is 6.10. The quantitative estimate of drug-likeness (QED) is 0.169. The van der Waals surface area contributed by atoms with Gasteiger partial charge in [-0.1, -0.05) is 112 Å². The highest BCUT2D eigenvalue weighted by Crippen LogP contribution is 2.29. The minimum Gasteiger partial charge on any atom is -0.494 e. The summed E-state index contributed by atoms with van der Waals surface area (Å²) >= 11 is 0. The van der Waals surface area contributed by atoms with Crippen LogP contribution < -0.4 is 9.47 Å². The molecule has 0 fully saturated rings. The van der Waals surface area contributed by atoms with Crippen LogP contribution in [0.5, 0.6) is 11.5 Å². The molecule has 10 bridgehead atoms. The molecule has 5 aliphatic heterocycles. The third-order valence-corrected chi connectivity index (χ3v) is 10.6. The highest BCUT2D eigenvalue weighted by molar-refractivity contribution is 5.74. The van der Waals surface area contributed by atoms with Crippen molar-refractivity contribution >= 4 is 0 Å². The van der Waals surface area contributed by atoms with Crippen molar-refractivity contribution in [3.63, 3.8) is 0 Å². The van der Waals surface area contributed by atoms with Gasteiger partial charge in [-0.05, 0) is 133 Å². The molecule has 0 amide bonds. The fourth-order valence-corrected chi connectivity index (χ4v) is 7.37. The van der Waals surface area contributed by atoms with Gasteiger partial charge in [-0.2, -0.15) is 0 Å². The number of fused-ring (bicyclic) bond motifs is 4. The lowest BCUT2D eigenvalue weighted by Crippen LogP contribution is -2.01. The Bertz CT molecular complexity index is 1880. The van der Waals surface area contributed by atoms with E-state index >= 15 is 0 Å². The Morgan fingerprint density at radius 3 is 1.20 bits per heavy atom. The third kappa shape index (κ3) is 11.8. The average molecular weight is 730 g/mol. The van der Waals surface area contributed by atoms with Gasteiger partial charge in [0.15, 0.2) is 0 Å². The maximum atomic E-state index is 6.10. The fraction of sp³-hybridized carbons (Fsp3) is 0.340. The molecule has 0 saturated carbocycles. The first kappa shape index (κ1) is 38.0. The molecular weight excluding hydrogens is 675 g/mol. The molecule has 0 radical (unpaired) electrons. The summed E-state index contributed by atoms with van der Waals surface area (Å²) in [5.41, 5.74) is 10.8. The molecule has 0 atom stereocenters. The van der Waals surface area contributed by atoms with E-state index in [0.717, 1.165) is 83.9 Å². The Hall–Kier alpha value is -5.29. The van der Waals surface area contributed by atoms with Gasteiger partial charge in [-0.3, -0.25) is 9.97 Å². The molecule has 5 heteroatoms. The van der Waals surface area contributed by atoms with Crippen LogP contribution in [0.25, 0.3) is 33.9 Å². The van der Waals surface area contributed by atoms with E-state index in [1.807, 2.05) is 18.5 Å². The molecule has 0 saturated heterocycles. The predicted octanol–water partition coefficient (Wildman–Crippen LogP) is 12.5. The minimum atomic E-state index is 0.679. The highest BCUT2D eigenvalue weighted by Gasteiger charge is 2.12. The number of rotatable bonds is 1. The maximum Gasteiger partial charge on any atom is 0.119 e. The second-order valence-corrected chi connectivity index (χ2v) is 15.0. The lowest BCUT2D eigenvalue weighted by molar-refractivity contribution is 0.311. The number of ether oxygens (including phenoxy) is 2. The number of pyridine rings is 3. The van der Waals surface area contributed by atoms with E-state index in [2.05, 4.69) is 109 Å². The van der Waals surface area contributed by atoms with Crippen molar-refractivity contribution in [3.8, 4) is 45.4 Å². The van der Waals surface area contributed by atoms with Gasteiger partial charge in [0.2, 0.25) is 0 Å². The zero-order chi connectivity index (χ0) is 37.3. The molecule has 11 rings (SSSR count). The molecule has 0 spiro atoms. The smallest absolute Gasteiger partial charge is 0.119 e. The molecule has 5 nitrogen and oxygen atoms in total. The summed E-state index contributed by atoms with van der Waals surface area (Å²) in [5.74, 6) is 1.89. The first-order valence-corrected chi connectivity index (χ1v) is 20.7. The van der Waals surface area contributed by atoms with Gasteiger partial charge in [0, 0.05) is 12.4 Å². The van der Waals surface area contributed by atoms with Crippen molar-refractivity contribution in [1.82, 2.24) is 15.0 Å². The van der Waals surface area contributed by atoms with Gasteiger partial charge in [-0.25, -0.2) is 4.98 Å². The molecular formula is C50H55N3O2. The second-order valence-electron chi connectivity index (χ2n) is 15.0. The number of nitrogens with zero attached hydrogens (tertiary/aromatic N) is 3. The second kappa shape index (κ2) is 20.4. The number of aromatic nitrogens is 3. The molecule has 0 N–H and O–H groups in total. The van der Waals surface area contributed by atoms with Gasteiger partial charge in [-0.15, -0.1) is 0 Å². The van der Waals surface area contributed by atoms with E-state index in [-0.39, 0.29) is 0 Å². The van der Waals surface area contributed by atoms with Crippen LogP contribution in [0, 0.1) is 0 Å². The zero-order valence-corrected chi connectivity index (χ0v) is 32.3. The van der Waals surface area contributed by atoms with Crippen LogP contribution in [0.1, 0.15) is 92.9 Å². The van der Waals surface area contributed by atoms with Crippen LogP contribution in [-0.2, 0) is 25.7 Å². The Labute approximate surface area is 328 Å². The van der Waals surface area contributed by atoms with Gasteiger partial charge in [0.25, 0.3) is 0 Å². The molecule has 5 aliphatic rings. The Balaban J connectivity index is 1.02. The minimum absolute atomic E-state index is 0.679. The molecule has 282 valence electrons. The lowest BCUT2D eigenvalue weighted by atomic mass is 10.0. The molecule has 55 heavy (non-hydrogen) atoms. The van der Waals surface area contributed by atoms with Gasteiger partial charge >= 0.3 is 0 Å². The monoisotopic (exact) mass is 729 g/mol. The largest absolute Gasteiger partial charge is 0.494 e. The summed E-state index contributed by atoms with van der Waals surface area (Å²) in [6, 6.07) is 40.6. The SMILES string of the molecule is c1ccc(-c2cc3nc(c2)-c2ccc(cn2)CCCOc2ccc(cc2)CCCCCCCCCCCc2ccc(cc2)OCCCc2ccc-3nc2)cc1. The molecule has 0 unspecified atom stereocenters. The van der Waals surface area contributed by atoms with Crippen LogP contribution >= 0.6 is 0 Å². The van der Waals surface area contributed by atoms with E-state index in [1.54, 1.807) is 0 Å². The standard InChI is InChI=1S/C50H55N3O2/c1-2-4-6-9-15-39-21-27-45(28-22-39)54-33-13-17-41-25-31-47(51-37-41)49-35-44(43-19-11-8-12-20-43)36-50(53-49)48-32-26-42(38-52-48)18-14-34-55-46-29-23-40(24-30-46)16-10-7-5-3-1/h8,11-12,19-32,35-38H,1-7,9-10,13-18,33-34H2. The van der Waals surface area contributed by atoms with E-state index in [1.165, 1.54) is 80.0 Å². The normalized spacial score (nSPS) is 15.4. The van der Waals surface area contributed by atoms with Crippen molar-refractivity contribution in [1.29, 1.82) is 0 Å². The first-order chi connectivity index (χ1) is 27.2. The number of benzene rings is 3. The summed E-state index contributed by atoms with van der Waals surface area (Å²) in [4.78, 5) is 14.8. The Kier molecular flexibility index (Phi) is 14.1. The number of hydrogen-bond donors (Lipinski definition) is 0. The fourth-order valence-electron chi connectivity index (χ4n) is 7.37. The number of hydrogen-bond acceptors (Lipinski definition) is 5. The Morgan fingerprint density at radius 1 is 0.345 bits per heavy atom. The van der Waals surface area contributed by atoms with Gasteiger partial charge in [0.05, 0.1) is 36.0 Å². The summed E-state index contributed by atoms with van der Waals surface area (Å²) in [5, 5.41) is 0. The van der Waals surface area contributed by atoms with E-state index < -0.39 is 0 Å². The highest BCUT2D eigenvalue weighted by atomic mass is 16.5. The summed E-state index contributed by atoms with van der Waals surface area (Å²) in [7, 11) is 0. The van der Waals surface area contributed by atoms with Crippen LogP contribution in [0.3, 0.4) is 0 Å². The lowest BCUT2D eigenvalue weighted by Gasteiger charge is -2.11. The van der Waals surface area contributed by atoms with Crippen LogP contribution in [0.2, 0.25) is 0 Å². The summed E-state index contributed by atoms with van der Waals surface area (Å²) in [6.07, 6.45) is 21.8. The molecule has 3 aromatic heterocycles. The molecule has 8 heterocycles. The molecule has 3 aromatic carbocycles. The van der Waals surface area contributed by atoms with Crippen molar-refractivity contribution in [2.24, 2.45) is 0 Å². The average Bonchev–Trinajstić information content (AvgIpc) is 3.24. The van der Waals surface area contributed by atoms with Crippen LogP contribution in [-0.4, -0.2) is 28.2 Å². The summed E-state index contributed by atoms with van der Waals surface area (Å²) in [6.45, 7) is 1.36. The molecule has 6 aromatic rings. The number of aryl methyl sites for hydroxylation is 4.